The summed E-state index contributed by atoms with van der Waals surface area (Å²) in [6.07, 6.45) is 3.22. The molecule has 1 heterocycles. The van der Waals surface area contributed by atoms with Crippen molar-refractivity contribution in [3.63, 3.8) is 0 Å². The Bertz CT molecular complexity index is 357. The van der Waals surface area contributed by atoms with Crippen LogP contribution in [0.4, 0.5) is 5.69 Å². The van der Waals surface area contributed by atoms with E-state index in [2.05, 4.69) is 43.1 Å². The number of hydrogen-bond donors (Lipinski definition) is 1. The third-order valence-electron chi connectivity index (χ3n) is 3.91. The molecule has 3 nitrogen and oxygen atoms in total. The van der Waals surface area contributed by atoms with Gasteiger partial charge >= 0.3 is 0 Å². The SMILES string of the molecule is CCC(N)c1ccc(N(C)C2CCOCC2)cc1. The number of ether oxygens (including phenoxy) is 1. The van der Waals surface area contributed by atoms with E-state index in [0.29, 0.717) is 6.04 Å². The van der Waals surface area contributed by atoms with Crippen LogP contribution in [0, 0.1) is 0 Å². The third-order valence-corrected chi connectivity index (χ3v) is 3.91. The summed E-state index contributed by atoms with van der Waals surface area (Å²) in [6, 6.07) is 9.43. The summed E-state index contributed by atoms with van der Waals surface area (Å²) in [5.74, 6) is 0. The molecular formula is C15H24N2O. The normalized spacial score (nSPS) is 18.6. The summed E-state index contributed by atoms with van der Waals surface area (Å²) < 4.78 is 5.41. The van der Waals surface area contributed by atoms with Gasteiger partial charge in [0.25, 0.3) is 0 Å². The second-order valence-corrected chi connectivity index (χ2v) is 5.06. The van der Waals surface area contributed by atoms with Crippen molar-refractivity contribution in [1.82, 2.24) is 0 Å². The smallest absolute Gasteiger partial charge is 0.0485 e. The van der Waals surface area contributed by atoms with Crippen molar-refractivity contribution in [2.24, 2.45) is 5.73 Å². The molecule has 18 heavy (non-hydrogen) atoms. The van der Waals surface area contributed by atoms with Crippen LogP contribution in [-0.2, 0) is 4.74 Å². The van der Waals surface area contributed by atoms with Gasteiger partial charge in [0.2, 0.25) is 0 Å². The predicted octanol–water partition coefficient (Wildman–Crippen LogP) is 2.71. The number of anilines is 1. The average molecular weight is 248 g/mol. The van der Waals surface area contributed by atoms with E-state index < -0.39 is 0 Å². The molecule has 1 aromatic carbocycles. The minimum Gasteiger partial charge on any atom is -0.381 e. The van der Waals surface area contributed by atoms with Crippen molar-refractivity contribution >= 4 is 5.69 Å². The van der Waals surface area contributed by atoms with E-state index >= 15 is 0 Å². The quantitative estimate of drug-likeness (QED) is 0.890. The van der Waals surface area contributed by atoms with Crippen LogP contribution in [0.2, 0.25) is 0 Å². The highest BCUT2D eigenvalue weighted by Crippen LogP contribution is 2.23. The highest BCUT2D eigenvalue weighted by Gasteiger charge is 2.18. The fourth-order valence-electron chi connectivity index (χ4n) is 2.48. The number of benzene rings is 1. The Morgan fingerprint density at radius 2 is 1.89 bits per heavy atom. The molecule has 0 aliphatic carbocycles. The van der Waals surface area contributed by atoms with Crippen molar-refractivity contribution in [2.75, 3.05) is 25.2 Å². The molecule has 1 saturated heterocycles. The van der Waals surface area contributed by atoms with Gasteiger partial charge in [-0.1, -0.05) is 19.1 Å². The first-order chi connectivity index (χ1) is 8.72. The fourth-order valence-corrected chi connectivity index (χ4v) is 2.48. The summed E-state index contributed by atoms with van der Waals surface area (Å²) >= 11 is 0. The Kier molecular flexibility index (Phi) is 4.61. The molecule has 0 radical (unpaired) electrons. The molecule has 1 aliphatic rings. The van der Waals surface area contributed by atoms with Crippen LogP contribution in [-0.4, -0.2) is 26.3 Å². The van der Waals surface area contributed by atoms with Gasteiger partial charge in [0, 0.05) is 38.0 Å². The Morgan fingerprint density at radius 1 is 1.28 bits per heavy atom. The maximum absolute atomic E-state index is 6.03. The zero-order valence-electron chi connectivity index (χ0n) is 11.4. The molecule has 2 rings (SSSR count). The number of nitrogens with zero attached hydrogens (tertiary/aromatic N) is 1. The molecule has 100 valence electrons. The van der Waals surface area contributed by atoms with Crippen molar-refractivity contribution < 1.29 is 4.74 Å². The molecule has 2 N–H and O–H groups in total. The molecule has 0 spiro atoms. The maximum Gasteiger partial charge on any atom is 0.0485 e. The van der Waals surface area contributed by atoms with Crippen molar-refractivity contribution in [3.05, 3.63) is 29.8 Å². The van der Waals surface area contributed by atoms with E-state index in [4.69, 9.17) is 10.5 Å². The summed E-state index contributed by atoms with van der Waals surface area (Å²) in [5.41, 5.74) is 8.53. The number of nitrogens with two attached hydrogens (primary N) is 1. The predicted molar refractivity (Wildman–Crippen MR) is 75.9 cm³/mol. The maximum atomic E-state index is 6.03. The lowest BCUT2D eigenvalue weighted by molar-refractivity contribution is 0.0855. The van der Waals surface area contributed by atoms with Gasteiger partial charge in [0.1, 0.15) is 0 Å². The third kappa shape index (κ3) is 3.03. The van der Waals surface area contributed by atoms with Crippen molar-refractivity contribution in [3.8, 4) is 0 Å². The monoisotopic (exact) mass is 248 g/mol. The van der Waals surface area contributed by atoms with Crippen LogP contribution >= 0.6 is 0 Å². The molecule has 1 aliphatic heterocycles. The first-order valence-corrected chi connectivity index (χ1v) is 6.88. The van der Waals surface area contributed by atoms with E-state index in [1.54, 1.807) is 0 Å². The zero-order valence-corrected chi connectivity index (χ0v) is 11.4. The summed E-state index contributed by atoms with van der Waals surface area (Å²) in [5, 5.41) is 0. The van der Waals surface area contributed by atoms with Gasteiger partial charge in [0.05, 0.1) is 0 Å². The molecule has 0 amide bonds. The van der Waals surface area contributed by atoms with Crippen molar-refractivity contribution in [1.29, 1.82) is 0 Å². The largest absolute Gasteiger partial charge is 0.381 e. The molecule has 0 aromatic heterocycles. The number of hydrogen-bond acceptors (Lipinski definition) is 3. The fraction of sp³-hybridized carbons (Fsp3) is 0.600. The Morgan fingerprint density at radius 3 is 2.44 bits per heavy atom. The molecule has 0 saturated carbocycles. The first-order valence-electron chi connectivity index (χ1n) is 6.88. The van der Waals surface area contributed by atoms with Gasteiger partial charge in [0.15, 0.2) is 0 Å². The topological polar surface area (TPSA) is 38.5 Å². The van der Waals surface area contributed by atoms with Crippen molar-refractivity contribution in [2.45, 2.75) is 38.3 Å². The molecule has 3 heteroatoms. The van der Waals surface area contributed by atoms with Gasteiger partial charge in [-0.3, -0.25) is 0 Å². The Hall–Kier alpha value is -1.06. The van der Waals surface area contributed by atoms with E-state index in [1.807, 2.05) is 0 Å². The summed E-state index contributed by atoms with van der Waals surface area (Å²) in [6.45, 7) is 3.88. The van der Waals surface area contributed by atoms with Crippen LogP contribution < -0.4 is 10.6 Å². The average Bonchev–Trinajstić information content (AvgIpc) is 2.47. The molecule has 1 atom stereocenters. The van der Waals surface area contributed by atoms with Crippen LogP contribution in [0.25, 0.3) is 0 Å². The zero-order chi connectivity index (χ0) is 13.0. The minimum atomic E-state index is 0.160. The number of rotatable bonds is 4. The van der Waals surface area contributed by atoms with Gasteiger partial charge in [-0.2, -0.15) is 0 Å². The molecule has 1 fully saturated rings. The first kappa shape index (κ1) is 13.4. The van der Waals surface area contributed by atoms with Gasteiger partial charge in [-0.15, -0.1) is 0 Å². The second kappa shape index (κ2) is 6.21. The van der Waals surface area contributed by atoms with E-state index in [1.165, 1.54) is 11.3 Å². The van der Waals surface area contributed by atoms with Gasteiger partial charge in [-0.25, -0.2) is 0 Å². The van der Waals surface area contributed by atoms with E-state index in [0.717, 1.165) is 32.5 Å². The standard InChI is InChI=1S/C15H24N2O/c1-3-15(16)12-4-6-13(7-5-12)17(2)14-8-10-18-11-9-14/h4-7,14-15H,3,8-11,16H2,1-2H3. The van der Waals surface area contributed by atoms with E-state index in [-0.39, 0.29) is 6.04 Å². The lowest BCUT2D eigenvalue weighted by Gasteiger charge is -2.33. The lowest BCUT2D eigenvalue weighted by atomic mass is 10.0. The minimum absolute atomic E-state index is 0.160. The van der Waals surface area contributed by atoms with Crippen LogP contribution in [0.3, 0.4) is 0 Å². The van der Waals surface area contributed by atoms with Crippen LogP contribution in [0.5, 0.6) is 0 Å². The highest BCUT2D eigenvalue weighted by atomic mass is 16.5. The lowest BCUT2D eigenvalue weighted by Crippen LogP contribution is -2.36. The van der Waals surface area contributed by atoms with Crippen LogP contribution in [0.15, 0.2) is 24.3 Å². The van der Waals surface area contributed by atoms with Gasteiger partial charge < -0.3 is 15.4 Å². The molecular weight excluding hydrogens is 224 g/mol. The second-order valence-electron chi connectivity index (χ2n) is 5.06. The summed E-state index contributed by atoms with van der Waals surface area (Å²) in [7, 11) is 2.17. The van der Waals surface area contributed by atoms with Gasteiger partial charge in [-0.05, 0) is 37.0 Å². The molecule has 1 unspecified atom stereocenters. The molecule has 1 aromatic rings. The summed E-state index contributed by atoms with van der Waals surface area (Å²) in [4.78, 5) is 2.36. The Balaban J connectivity index is 2.03. The Labute approximate surface area is 110 Å². The highest BCUT2D eigenvalue weighted by molar-refractivity contribution is 5.48. The molecule has 0 bridgehead atoms. The van der Waals surface area contributed by atoms with Crippen LogP contribution in [0.1, 0.15) is 37.8 Å². The van der Waals surface area contributed by atoms with E-state index in [9.17, 15) is 0 Å².